The van der Waals surface area contributed by atoms with Gasteiger partial charge in [-0.2, -0.15) is 4.98 Å². The topological polar surface area (TPSA) is 41.1 Å². The zero-order valence-electron chi connectivity index (χ0n) is 13.3. The molecular weight excluding hydrogens is 352 g/mol. The normalized spacial score (nSPS) is 17.0. The monoisotopic (exact) mass is 372 g/mol. The lowest BCUT2D eigenvalue weighted by Gasteiger charge is -2.30. The second kappa shape index (κ2) is 6.11. The quantitative estimate of drug-likeness (QED) is 0.882. The van der Waals surface area contributed by atoms with Crippen molar-refractivity contribution in [2.45, 2.75) is 45.2 Å². The lowest BCUT2D eigenvalue weighted by atomic mass is 10.00. The highest BCUT2D eigenvalue weighted by atomic mass is 79.9. The Morgan fingerprint density at radius 1 is 1.22 bits per heavy atom. The maximum absolute atomic E-state index is 4.77. The van der Waals surface area contributed by atoms with E-state index in [2.05, 4.69) is 62.3 Å². The first-order valence-corrected chi connectivity index (χ1v) is 9.17. The Labute approximate surface area is 145 Å². The van der Waals surface area contributed by atoms with Gasteiger partial charge in [-0.25, -0.2) is 4.98 Å². The van der Waals surface area contributed by atoms with E-state index in [4.69, 9.17) is 4.98 Å². The molecule has 2 aromatic rings. The molecule has 1 aliphatic heterocycles. The van der Waals surface area contributed by atoms with Gasteiger partial charge < -0.3 is 10.2 Å². The van der Waals surface area contributed by atoms with Gasteiger partial charge in [-0.1, -0.05) is 28.9 Å². The van der Waals surface area contributed by atoms with Crippen LogP contribution in [0.4, 0.5) is 11.8 Å². The van der Waals surface area contributed by atoms with Crippen molar-refractivity contribution in [2.24, 2.45) is 0 Å². The molecule has 5 heteroatoms. The van der Waals surface area contributed by atoms with Gasteiger partial charge in [0.2, 0.25) is 5.95 Å². The summed E-state index contributed by atoms with van der Waals surface area (Å²) in [6.07, 6.45) is 4.47. The third-order valence-corrected chi connectivity index (χ3v) is 5.04. The summed E-state index contributed by atoms with van der Waals surface area (Å²) >= 11 is 3.57. The summed E-state index contributed by atoms with van der Waals surface area (Å²) in [5.74, 6) is 1.84. The Bertz CT molecular complexity index is 727. The highest BCUT2D eigenvalue weighted by Gasteiger charge is 2.23. The zero-order chi connectivity index (χ0) is 15.8. The predicted octanol–water partition coefficient (Wildman–Crippen LogP) is 3.94. The summed E-state index contributed by atoms with van der Waals surface area (Å²) in [6, 6.07) is 9.30. The second-order valence-corrected chi connectivity index (χ2v) is 7.31. The van der Waals surface area contributed by atoms with Gasteiger partial charge in [0, 0.05) is 35.4 Å². The van der Waals surface area contributed by atoms with Crippen LogP contribution < -0.4 is 10.2 Å². The molecule has 0 atom stereocenters. The van der Waals surface area contributed by atoms with Crippen LogP contribution in [0.15, 0.2) is 28.7 Å². The molecule has 0 spiro atoms. The van der Waals surface area contributed by atoms with Crippen LogP contribution in [0, 0.1) is 0 Å². The van der Waals surface area contributed by atoms with Gasteiger partial charge in [0.25, 0.3) is 0 Å². The van der Waals surface area contributed by atoms with Crippen LogP contribution in [0.3, 0.4) is 0 Å². The number of benzene rings is 1. The maximum Gasteiger partial charge on any atom is 0.225 e. The molecular formula is C18H21BrN4. The van der Waals surface area contributed by atoms with Crippen molar-refractivity contribution in [1.29, 1.82) is 0 Å². The molecule has 1 aromatic heterocycles. The van der Waals surface area contributed by atoms with E-state index in [1.165, 1.54) is 24.0 Å². The predicted molar refractivity (Wildman–Crippen MR) is 97.0 cm³/mol. The lowest BCUT2D eigenvalue weighted by molar-refractivity contribution is 0.717. The Morgan fingerprint density at radius 2 is 2.09 bits per heavy atom. The van der Waals surface area contributed by atoms with E-state index in [1.54, 1.807) is 0 Å². The van der Waals surface area contributed by atoms with Crippen LogP contribution in [0.2, 0.25) is 0 Å². The Kier molecular flexibility index (Phi) is 3.97. The third kappa shape index (κ3) is 3.34. The molecule has 1 N–H and O–H groups in total. The molecule has 0 bridgehead atoms. The largest absolute Gasteiger partial charge is 0.352 e. The van der Waals surface area contributed by atoms with E-state index >= 15 is 0 Å². The molecule has 2 aliphatic rings. The summed E-state index contributed by atoms with van der Waals surface area (Å²) in [7, 11) is 0. The lowest BCUT2D eigenvalue weighted by Crippen LogP contribution is -2.31. The molecule has 1 aromatic carbocycles. The smallest absolute Gasteiger partial charge is 0.225 e. The summed E-state index contributed by atoms with van der Waals surface area (Å²) in [4.78, 5) is 11.8. The number of rotatable bonds is 4. The summed E-state index contributed by atoms with van der Waals surface area (Å²) in [5, 5.41) is 3.44. The Balaban J connectivity index is 1.60. The molecule has 1 aliphatic carbocycles. The minimum atomic E-state index is 0.578. The van der Waals surface area contributed by atoms with E-state index < -0.39 is 0 Å². The van der Waals surface area contributed by atoms with E-state index in [0.29, 0.717) is 6.04 Å². The van der Waals surface area contributed by atoms with Gasteiger partial charge in [0.05, 0.1) is 0 Å². The second-order valence-electron chi connectivity index (χ2n) is 6.40. The Morgan fingerprint density at radius 3 is 2.87 bits per heavy atom. The first kappa shape index (κ1) is 14.9. The summed E-state index contributed by atoms with van der Waals surface area (Å²) in [5.41, 5.74) is 3.95. The molecule has 23 heavy (non-hydrogen) atoms. The fourth-order valence-electron chi connectivity index (χ4n) is 3.02. The molecule has 0 unspecified atom stereocenters. The number of fused-ring (bicyclic) bond motifs is 1. The van der Waals surface area contributed by atoms with E-state index in [9.17, 15) is 0 Å². The number of hydrogen-bond acceptors (Lipinski definition) is 4. The highest BCUT2D eigenvalue weighted by Crippen LogP contribution is 2.28. The van der Waals surface area contributed by atoms with Gasteiger partial charge >= 0.3 is 0 Å². The molecule has 2 heterocycles. The third-order valence-electron chi connectivity index (χ3n) is 4.54. The fraction of sp³-hybridized carbons (Fsp3) is 0.444. The minimum absolute atomic E-state index is 0.578. The standard InChI is InChI=1S/C18H21BrN4/c1-2-15-10-17(22-18(20-15)21-16-5-6-16)23-8-7-12-9-14(19)4-3-13(12)11-23/h3-4,9-10,16H,2,5-8,11H2,1H3,(H,20,21,22). The van der Waals surface area contributed by atoms with Crippen LogP contribution in [0.25, 0.3) is 0 Å². The highest BCUT2D eigenvalue weighted by molar-refractivity contribution is 9.10. The van der Waals surface area contributed by atoms with Crippen LogP contribution in [-0.4, -0.2) is 22.6 Å². The molecule has 4 rings (SSSR count). The number of nitrogens with zero attached hydrogens (tertiary/aromatic N) is 3. The number of nitrogens with one attached hydrogen (secondary N) is 1. The fourth-order valence-corrected chi connectivity index (χ4v) is 3.43. The molecule has 1 fully saturated rings. The van der Waals surface area contributed by atoms with Crippen molar-refractivity contribution in [2.75, 3.05) is 16.8 Å². The first-order chi connectivity index (χ1) is 11.2. The van der Waals surface area contributed by atoms with Gasteiger partial charge in [-0.15, -0.1) is 0 Å². The molecule has 4 nitrogen and oxygen atoms in total. The number of aromatic nitrogens is 2. The van der Waals surface area contributed by atoms with Gasteiger partial charge in [-0.05, 0) is 48.9 Å². The maximum atomic E-state index is 4.77. The van der Waals surface area contributed by atoms with Crippen molar-refractivity contribution in [3.63, 3.8) is 0 Å². The van der Waals surface area contributed by atoms with Gasteiger partial charge in [-0.3, -0.25) is 0 Å². The van der Waals surface area contributed by atoms with E-state index in [1.807, 2.05) is 0 Å². The SMILES string of the molecule is CCc1cc(N2CCc3cc(Br)ccc3C2)nc(NC2CC2)n1. The molecule has 0 saturated heterocycles. The van der Waals surface area contributed by atoms with Crippen molar-refractivity contribution in [3.8, 4) is 0 Å². The van der Waals surface area contributed by atoms with Crippen LogP contribution >= 0.6 is 15.9 Å². The average Bonchev–Trinajstić information content (AvgIpc) is 3.38. The van der Waals surface area contributed by atoms with Gasteiger partial charge in [0.1, 0.15) is 5.82 Å². The first-order valence-electron chi connectivity index (χ1n) is 8.38. The van der Waals surface area contributed by atoms with Crippen molar-refractivity contribution in [1.82, 2.24) is 9.97 Å². The number of anilines is 2. The average molecular weight is 373 g/mol. The molecule has 120 valence electrons. The van der Waals surface area contributed by atoms with Crippen molar-refractivity contribution < 1.29 is 0 Å². The van der Waals surface area contributed by atoms with Gasteiger partial charge in [0.15, 0.2) is 0 Å². The van der Waals surface area contributed by atoms with Crippen molar-refractivity contribution >= 4 is 27.7 Å². The Hall–Kier alpha value is -1.62. The molecule has 1 saturated carbocycles. The molecule has 0 amide bonds. The number of halogens is 1. The van der Waals surface area contributed by atoms with Crippen LogP contribution in [0.1, 0.15) is 36.6 Å². The summed E-state index contributed by atoms with van der Waals surface area (Å²) < 4.78 is 1.16. The number of aryl methyl sites for hydroxylation is 1. The zero-order valence-corrected chi connectivity index (χ0v) is 14.9. The number of hydrogen-bond donors (Lipinski definition) is 1. The van der Waals surface area contributed by atoms with E-state index in [0.717, 1.165) is 47.9 Å². The molecule has 0 radical (unpaired) electrons. The van der Waals surface area contributed by atoms with E-state index in [-0.39, 0.29) is 0 Å². The van der Waals surface area contributed by atoms with Crippen LogP contribution in [-0.2, 0) is 19.4 Å². The van der Waals surface area contributed by atoms with Crippen molar-refractivity contribution in [3.05, 3.63) is 45.6 Å². The summed E-state index contributed by atoms with van der Waals surface area (Å²) in [6.45, 7) is 4.08. The minimum Gasteiger partial charge on any atom is -0.352 e. The van der Waals surface area contributed by atoms with Crippen LogP contribution in [0.5, 0.6) is 0 Å².